The van der Waals surface area contributed by atoms with E-state index in [0.29, 0.717) is 4.31 Å². The number of carbonyl (C=O) groups is 2. The van der Waals surface area contributed by atoms with Gasteiger partial charge in [0.05, 0.1) is 16.3 Å². The first-order valence-corrected chi connectivity index (χ1v) is 8.21. The number of para-hydroxylation sites is 1. The van der Waals surface area contributed by atoms with Crippen molar-refractivity contribution in [1.29, 1.82) is 0 Å². The average molecular weight is 356 g/mol. The summed E-state index contributed by atoms with van der Waals surface area (Å²) in [6.07, 6.45) is 0. The van der Waals surface area contributed by atoms with E-state index in [0.717, 1.165) is 6.07 Å². The lowest BCUT2D eigenvalue weighted by molar-refractivity contribution is -0.113. The molecule has 0 radical (unpaired) electrons. The van der Waals surface area contributed by atoms with Crippen LogP contribution < -0.4 is 4.31 Å². The second kappa shape index (κ2) is 5.08. The first kappa shape index (κ1) is 15.0. The van der Waals surface area contributed by atoms with Crippen molar-refractivity contribution < 1.29 is 18.0 Å². The minimum atomic E-state index is -4.34. The average Bonchev–Trinajstić information content (AvgIpc) is 2.74. The second-order valence-corrected chi connectivity index (χ2v) is 7.09. The standard InChI is InChI=1S/C14H7Cl2NO4S/c15-8-5-6-10(16)12(7-8)22(20,21)17-11-4-2-1-3-9(11)13(18)14(17)19/h1-7H. The lowest BCUT2D eigenvalue weighted by Gasteiger charge is -2.17. The third kappa shape index (κ3) is 2.11. The van der Waals surface area contributed by atoms with Gasteiger partial charge in [0.1, 0.15) is 4.90 Å². The number of hydrogen-bond donors (Lipinski definition) is 0. The molecule has 0 aromatic heterocycles. The Kier molecular flexibility index (Phi) is 3.47. The maximum absolute atomic E-state index is 12.7. The summed E-state index contributed by atoms with van der Waals surface area (Å²) in [7, 11) is -4.34. The monoisotopic (exact) mass is 355 g/mol. The molecular weight excluding hydrogens is 349 g/mol. The topological polar surface area (TPSA) is 71.5 Å². The minimum Gasteiger partial charge on any atom is -0.283 e. The molecule has 2 aromatic carbocycles. The third-order valence-corrected chi connectivity index (χ3v) is 5.57. The summed E-state index contributed by atoms with van der Waals surface area (Å²) < 4.78 is 25.9. The molecule has 0 unspecified atom stereocenters. The Balaban J connectivity index is 2.24. The van der Waals surface area contributed by atoms with Crippen LogP contribution in [0, 0.1) is 0 Å². The summed E-state index contributed by atoms with van der Waals surface area (Å²) in [5.74, 6) is -2.02. The Labute approximate surface area is 136 Å². The number of sulfonamides is 1. The van der Waals surface area contributed by atoms with Gasteiger partial charge in [-0.2, -0.15) is 4.31 Å². The van der Waals surface area contributed by atoms with Crippen molar-refractivity contribution in [3.8, 4) is 0 Å². The van der Waals surface area contributed by atoms with E-state index < -0.39 is 21.7 Å². The van der Waals surface area contributed by atoms with Crippen LogP contribution in [0.15, 0.2) is 47.4 Å². The van der Waals surface area contributed by atoms with Crippen LogP contribution in [0.25, 0.3) is 0 Å². The fraction of sp³-hybridized carbons (Fsp3) is 0. The molecule has 1 aliphatic heterocycles. The maximum Gasteiger partial charge on any atom is 0.313 e. The number of hydrogen-bond acceptors (Lipinski definition) is 4. The van der Waals surface area contributed by atoms with Crippen molar-refractivity contribution in [2.45, 2.75) is 4.90 Å². The van der Waals surface area contributed by atoms with Crippen molar-refractivity contribution in [3.05, 3.63) is 58.1 Å². The number of amides is 1. The lowest BCUT2D eigenvalue weighted by Crippen LogP contribution is -2.36. The van der Waals surface area contributed by atoms with Gasteiger partial charge in [-0.05, 0) is 30.3 Å². The van der Waals surface area contributed by atoms with E-state index in [4.69, 9.17) is 23.2 Å². The van der Waals surface area contributed by atoms with E-state index in [1.54, 1.807) is 6.07 Å². The summed E-state index contributed by atoms with van der Waals surface area (Å²) in [4.78, 5) is 23.7. The van der Waals surface area contributed by atoms with E-state index in [-0.39, 0.29) is 26.2 Å². The molecule has 0 spiro atoms. The highest BCUT2D eigenvalue weighted by molar-refractivity contribution is 7.94. The second-order valence-electron chi connectivity index (χ2n) is 4.50. The molecule has 0 N–H and O–H groups in total. The molecule has 22 heavy (non-hydrogen) atoms. The van der Waals surface area contributed by atoms with Crippen molar-refractivity contribution >= 4 is 50.6 Å². The number of fused-ring (bicyclic) bond motifs is 1. The van der Waals surface area contributed by atoms with Crippen LogP contribution in [0.4, 0.5) is 5.69 Å². The van der Waals surface area contributed by atoms with Crippen LogP contribution in [-0.4, -0.2) is 20.1 Å². The molecule has 112 valence electrons. The van der Waals surface area contributed by atoms with Crippen molar-refractivity contribution in [2.24, 2.45) is 0 Å². The van der Waals surface area contributed by atoms with Gasteiger partial charge >= 0.3 is 5.91 Å². The van der Waals surface area contributed by atoms with Crippen LogP contribution >= 0.6 is 23.2 Å². The van der Waals surface area contributed by atoms with Gasteiger partial charge in [0.15, 0.2) is 0 Å². The van der Waals surface area contributed by atoms with Crippen LogP contribution in [0.1, 0.15) is 10.4 Å². The molecule has 1 aliphatic rings. The quantitative estimate of drug-likeness (QED) is 0.776. The van der Waals surface area contributed by atoms with Gasteiger partial charge in [0.2, 0.25) is 0 Å². The first-order valence-electron chi connectivity index (χ1n) is 6.02. The highest BCUT2D eigenvalue weighted by atomic mass is 35.5. The zero-order valence-electron chi connectivity index (χ0n) is 10.8. The normalized spacial score (nSPS) is 14.4. The number of ketones is 1. The van der Waals surface area contributed by atoms with Gasteiger partial charge in [0, 0.05) is 5.02 Å². The minimum absolute atomic E-state index is 0.00791. The largest absolute Gasteiger partial charge is 0.313 e. The summed E-state index contributed by atoms with van der Waals surface area (Å²) in [5, 5.41) is 0.0586. The van der Waals surface area contributed by atoms with Crippen LogP contribution in [-0.2, 0) is 14.8 Å². The van der Waals surface area contributed by atoms with Gasteiger partial charge < -0.3 is 0 Å². The molecular formula is C14H7Cl2NO4S. The smallest absolute Gasteiger partial charge is 0.283 e. The predicted molar refractivity (Wildman–Crippen MR) is 81.9 cm³/mol. The van der Waals surface area contributed by atoms with E-state index in [2.05, 4.69) is 0 Å². The number of benzene rings is 2. The molecule has 0 fully saturated rings. The fourth-order valence-electron chi connectivity index (χ4n) is 2.17. The van der Waals surface area contributed by atoms with Gasteiger partial charge in [-0.3, -0.25) is 9.59 Å². The van der Waals surface area contributed by atoms with Crippen LogP contribution in [0.5, 0.6) is 0 Å². The SMILES string of the molecule is O=C1C(=O)N(S(=O)(=O)c2cc(Cl)ccc2Cl)c2ccccc21. The zero-order valence-corrected chi connectivity index (χ0v) is 13.1. The van der Waals surface area contributed by atoms with Crippen LogP contribution in [0.3, 0.4) is 0 Å². The number of Topliss-reactive ketones (excluding diaryl/α,β-unsaturated/α-hetero) is 1. The molecule has 0 saturated carbocycles. The van der Waals surface area contributed by atoms with Gasteiger partial charge in [-0.25, -0.2) is 8.42 Å². The summed E-state index contributed by atoms with van der Waals surface area (Å²) in [6, 6.07) is 9.73. The summed E-state index contributed by atoms with van der Waals surface area (Å²) in [6.45, 7) is 0. The first-order chi connectivity index (χ1) is 10.3. The molecule has 0 atom stereocenters. The van der Waals surface area contributed by atoms with Gasteiger partial charge in [-0.15, -0.1) is 0 Å². The molecule has 8 heteroatoms. The molecule has 0 bridgehead atoms. The van der Waals surface area contributed by atoms with Gasteiger partial charge in [-0.1, -0.05) is 35.3 Å². The van der Waals surface area contributed by atoms with Gasteiger partial charge in [0.25, 0.3) is 15.8 Å². The van der Waals surface area contributed by atoms with Crippen molar-refractivity contribution in [3.63, 3.8) is 0 Å². The van der Waals surface area contributed by atoms with E-state index in [9.17, 15) is 18.0 Å². The zero-order chi connectivity index (χ0) is 16.1. The van der Waals surface area contributed by atoms with E-state index >= 15 is 0 Å². The molecule has 0 aliphatic carbocycles. The molecule has 2 aromatic rings. The van der Waals surface area contributed by atoms with Crippen LogP contribution in [0.2, 0.25) is 10.0 Å². The highest BCUT2D eigenvalue weighted by Gasteiger charge is 2.44. The Morgan fingerprint density at radius 2 is 1.64 bits per heavy atom. The Hall–Kier alpha value is -1.89. The number of anilines is 1. The fourth-order valence-corrected chi connectivity index (χ4v) is 4.32. The van der Waals surface area contributed by atoms with E-state index in [1.165, 1.54) is 30.3 Å². The number of carbonyl (C=O) groups excluding carboxylic acids is 2. The Bertz CT molecular complexity index is 924. The summed E-state index contributed by atoms with van der Waals surface area (Å²) in [5.41, 5.74) is 0.0442. The van der Waals surface area contributed by atoms with E-state index in [1.807, 2.05) is 0 Å². The predicted octanol–water partition coefficient (Wildman–Crippen LogP) is 2.91. The lowest BCUT2D eigenvalue weighted by atomic mass is 10.1. The number of rotatable bonds is 2. The molecule has 3 rings (SSSR count). The molecule has 5 nitrogen and oxygen atoms in total. The Morgan fingerprint density at radius 1 is 0.955 bits per heavy atom. The number of halogens is 2. The highest BCUT2D eigenvalue weighted by Crippen LogP contribution is 2.36. The molecule has 1 amide bonds. The molecule has 0 saturated heterocycles. The third-order valence-electron chi connectivity index (χ3n) is 3.16. The van der Waals surface area contributed by atoms with Crippen molar-refractivity contribution in [1.82, 2.24) is 0 Å². The Morgan fingerprint density at radius 3 is 2.36 bits per heavy atom. The molecule has 1 heterocycles. The maximum atomic E-state index is 12.7. The summed E-state index contributed by atoms with van der Waals surface area (Å²) >= 11 is 11.7. The van der Waals surface area contributed by atoms with Crippen molar-refractivity contribution in [2.75, 3.05) is 4.31 Å². The number of nitrogens with zero attached hydrogens (tertiary/aromatic N) is 1.